The van der Waals surface area contributed by atoms with Crippen LogP contribution in [0.1, 0.15) is 0 Å². The van der Waals surface area contributed by atoms with Gasteiger partial charge in [-0.25, -0.2) is 9.67 Å². The van der Waals surface area contributed by atoms with Crippen LogP contribution >= 0.6 is 11.3 Å². The SMILES string of the molecule is COc1cc2nc(NC(=O)Cn3nnc4ccccc43)sc2cc1OC. The summed E-state index contributed by atoms with van der Waals surface area (Å²) in [5, 5.41) is 11.4. The first kappa shape index (κ1) is 16.3. The van der Waals surface area contributed by atoms with Crippen molar-refractivity contribution in [1.82, 2.24) is 20.0 Å². The van der Waals surface area contributed by atoms with Gasteiger partial charge in [-0.05, 0) is 12.1 Å². The second kappa shape index (κ2) is 6.60. The van der Waals surface area contributed by atoms with Gasteiger partial charge in [0, 0.05) is 12.1 Å². The van der Waals surface area contributed by atoms with E-state index in [9.17, 15) is 4.79 Å². The number of aromatic nitrogens is 4. The first-order valence-electron chi connectivity index (χ1n) is 7.78. The Morgan fingerprint density at radius 3 is 2.73 bits per heavy atom. The van der Waals surface area contributed by atoms with E-state index in [0.29, 0.717) is 16.6 Å². The molecule has 8 nitrogen and oxygen atoms in total. The number of methoxy groups -OCH3 is 2. The van der Waals surface area contributed by atoms with Gasteiger partial charge in [-0.15, -0.1) is 5.10 Å². The Bertz CT molecular complexity index is 1060. The molecule has 0 radical (unpaired) electrons. The van der Waals surface area contributed by atoms with Gasteiger partial charge >= 0.3 is 0 Å². The summed E-state index contributed by atoms with van der Waals surface area (Å²) in [5.41, 5.74) is 2.29. The number of carbonyl (C=O) groups is 1. The maximum atomic E-state index is 12.4. The van der Waals surface area contributed by atoms with Crippen LogP contribution in [0.3, 0.4) is 0 Å². The van der Waals surface area contributed by atoms with E-state index in [1.165, 1.54) is 11.3 Å². The molecule has 0 saturated carbocycles. The molecular weight excluding hydrogens is 354 g/mol. The molecule has 2 aromatic carbocycles. The molecule has 0 saturated heterocycles. The van der Waals surface area contributed by atoms with Crippen LogP contribution in [-0.2, 0) is 11.3 Å². The van der Waals surface area contributed by atoms with Gasteiger partial charge in [-0.2, -0.15) is 0 Å². The number of carbonyl (C=O) groups excluding carboxylic acids is 1. The van der Waals surface area contributed by atoms with E-state index in [1.807, 2.05) is 30.3 Å². The number of fused-ring (bicyclic) bond motifs is 2. The fourth-order valence-corrected chi connectivity index (χ4v) is 3.53. The number of anilines is 1. The minimum Gasteiger partial charge on any atom is -0.493 e. The summed E-state index contributed by atoms with van der Waals surface area (Å²) in [6.45, 7) is 0.0586. The van der Waals surface area contributed by atoms with E-state index in [2.05, 4.69) is 20.6 Å². The number of thiazole rings is 1. The molecule has 2 aromatic heterocycles. The summed E-state index contributed by atoms with van der Waals surface area (Å²) < 4.78 is 13.0. The summed E-state index contributed by atoms with van der Waals surface area (Å²) in [4.78, 5) is 16.8. The molecule has 4 rings (SSSR count). The predicted octanol–water partition coefficient (Wildman–Crippen LogP) is 2.70. The second-order valence-corrected chi connectivity index (χ2v) is 6.51. The Morgan fingerprint density at radius 2 is 1.92 bits per heavy atom. The fraction of sp³-hybridized carbons (Fsp3) is 0.176. The van der Waals surface area contributed by atoms with Crippen LogP contribution in [0, 0.1) is 0 Å². The zero-order valence-electron chi connectivity index (χ0n) is 14.1. The van der Waals surface area contributed by atoms with Crippen molar-refractivity contribution in [2.45, 2.75) is 6.54 Å². The van der Waals surface area contributed by atoms with Crippen molar-refractivity contribution in [2.75, 3.05) is 19.5 Å². The van der Waals surface area contributed by atoms with Crippen LogP contribution in [0.2, 0.25) is 0 Å². The molecule has 0 unspecified atom stereocenters. The van der Waals surface area contributed by atoms with Gasteiger partial charge in [0.25, 0.3) is 0 Å². The number of hydrogen-bond donors (Lipinski definition) is 1. The van der Waals surface area contributed by atoms with Crippen molar-refractivity contribution in [3.8, 4) is 11.5 Å². The highest BCUT2D eigenvalue weighted by atomic mass is 32.1. The lowest BCUT2D eigenvalue weighted by Gasteiger charge is -2.05. The molecule has 4 aromatic rings. The smallest absolute Gasteiger partial charge is 0.247 e. The standard InChI is InChI=1S/C17H15N5O3S/c1-24-13-7-11-15(8-14(13)25-2)26-17(18-11)19-16(23)9-22-12-6-4-3-5-10(12)20-21-22/h3-8H,9H2,1-2H3,(H,18,19,23). The Balaban J connectivity index is 1.55. The van der Waals surface area contributed by atoms with Crippen LogP contribution in [0.5, 0.6) is 11.5 Å². The molecule has 26 heavy (non-hydrogen) atoms. The maximum absolute atomic E-state index is 12.4. The van der Waals surface area contributed by atoms with Crippen LogP contribution in [-0.4, -0.2) is 40.1 Å². The quantitative estimate of drug-likeness (QED) is 0.582. The van der Waals surface area contributed by atoms with Crippen molar-refractivity contribution in [3.05, 3.63) is 36.4 Å². The third-order valence-electron chi connectivity index (χ3n) is 3.85. The first-order chi connectivity index (χ1) is 12.7. The summed E-state index contributed by atoms with van der Waals surface area (Å²) in [7, 11) is 3.15. The zero-order valence-corrected chi connectivity index (χ0v) is 14.9. The number of ether oxygens (including phenoxy) is 2. The molecule has 0 aliphatic carbocycles. The highest BCUT2D eigenvalue weighted by Crippen LogP contribution is 2.36. The third kappa shape index (κ3) is 2.92. The Labute approximate surface area is 152 Å². The van der Waals surface area contributed by atoms with Crippen LogP contribution in [0.25, 0.3) is 21.3 Å². The van der Waals surface area contributed by atoms with Gasteiger partial charge < -0.3 is 14.8 Å². The molecule has 9 heteroatoms. The average Bonchev–Trinajstić information content (AvgIpc) is 3.23. The molecule has 0 aliphatic rings. The Morgan fingerprint density at radius 1 is 1.15 bits per heavy atom. The number of benzene rings is 2. The number of nitrogens with zero attached hydrogens (tertiary/aromatic N) is 4. The normalized spacial score (nSPS) is 11.0. The van der Waals surface area contributed by atoms with Crippen LogP contribution in [0.4, 0.5) is 5.13 Å². The number of para-hydroxylation sites is 1. The zero-order chi connectivity index (χ0) is 18.1. The fourth-order valence-electron chi connectivity index (χ4n) is 2.64. The molecular formula is C17H15N5O3S. The monoisotopic (exact) mass is 369 g/mol. The average molecular weight is 369 g/mol. The molecule has 1 amide bonds. The van der Waals surface area contributed by atoms with Crippen LogP contribution in [0.15, 0.2) is 36.4 Å². The predicted molar refractivity (Wildman–Crippen MR) is 98.9 cm³/mol. The largest absolute Gasteiger partial charge is 0.493 e. The highest BCUT2D eigenvalue weighted by molar-refractivity contribution is 7.22. The van der Waals surface area contributed by atoms with Crippen molar-refractivity contribution >= 4 is 43.6 Å². The highest BCUT2D eigenvalue weighted by Gasteiger charge is 2.14. The van der Waals surface area contributed by atoms with E-state index in [1.54, 1.807) is 25.0 Å². The Hall–Kier alpha value is -3.20. The maximum Gasteiger partial charge on any atom is 0.247 e. The number of hydrogen-bond acceptors (Lipinski definition) is 7. The van der Waals surface area contributed by atoms with Gasteiger partial charge in [0.2, 0.25) is 5.91 Å². The van der Waals surface area contributed by atoms with Gasteiger partial charge in [-0.1, -0.05) is 28.7 Å². The molecule has 2 heterocycles. The van der Waals surface area contributed by atoms with Crippen molar-refractivity contribution in [1.29, 1.82) is 0 Å². The number of amides is 1. The van der Waals surface area contributed by atoms with Gasteiger partial charge in [0.1, 0.15) is 12.1 Å². The van der Waals surface area contributed by atoms with Gasteiger partial charge in [0.05, 0.1) is 30.0 Å². The molecule has 0 fully saturated rings. The van der Waals surface area contributed by atoms with E-state index in [0.717, 1.165) is 21.3 Å². The van der Waals surface area contributed by atoms with Crippen molar-refractivity contribution in [2.24, 2.45) is 0 Å². The minimum atomic E-state index is -0.223. The summed E-state index contributed by atoms with van der Waals surface area (Å²) in [6.07, 6.45) is 0. The topological polar surface area (TPSA) is 91.2 Å². The number of rotatable bonds is 5. The first-order valence-corrected chi connectivity index (χ1v) is 8.60. The lowest BCUT2D eigenvalue weighted by molar-refractivity contribution is -0.116. The third-order valence-corrected chi connectivity index (χ3v) is 4.79. The van der Waals surface area contributed by atoms with Crippen molar-refractivity contribution < 1.29 is 14.3 Å². The van der Waals surface area contributed by atoms with Gasteiger partial charge in [0.15, 0.2) is 16.6 Å². The van der Waals surface area contributed by atoms with Gasteiger partial charge in [-0.3, -0.25) is 4.79 Å². The lowest BCUT2D eigenvalue weighted by Crippen LogP contribution is -2.19. The number of nitrogens with one attached hydrogen (secondary N) is 1. The molecule has 0 aliphatic heterocycles. The van der Waals surface area contributed by atoms with E-state index in [4.69, 9.17) is 9.47 Å². The van der Waals surface area contributed by atoms with E-state index >= 15 is 0 Å². The Kier molecular flexibility index (Phi) is 4.13. The second-order valence-electron chi connectivity index (χ2n) is 5.48. The van der Waals surface area contributed by atoms with Crippen molar-refractivity contribution in [3.63, 3.8) is 0 Å². The minimum absolute atomic E-state index is 0.0586. The van der Waals surface area contributed by atoms with E-state index in [-0.39, 0.29) is 12.5 Å². The molecule has 0 atom stereocenters. The van der Waals surface area contributed by atoms with Crippen LogP contribution < -0.4 is 14.8 Å². The molecule has 1 N–H and O–H groups in total. The summed E-state index contributed by atoms with van der Waals surface area (Å²) in [6, 6.07) is 11.1. The molecule has 0 bridgehead atoms. The summed E-state index contributed by atoms with van der Waals surface area (Å²) in [5.74, 6) is 0.992. The summed E-state index contributed by atoms with van der Waals surface area (Å²) >= 11 is 1.37. The molecule has 0 spiro atoms. The molecule has 132 valence electrons. The van der Waals surface area contributed by atoms with E-state index < -0.39 is 0 Å². The lowest BCUT2D eigenvalue weighted by atomic mass is 10.3.